The van der Waals surface area contributed by atoms with Gasteiger partial charge >= 0.3 is 5.97 Å². The van der Waals surface area contributed by atoms with Gasteiger partial charge in [-0.25, -0.2) is 9.78 Å². The predicted molar refractivity (Wildman–Crippen MR) is 37.3 cm³/mol. The lowest BCUT2D eigenvalue weighted by Crippen LogP contribution is -2.03. The van der Waals surface area contributed by atoms with Gasteiger partial charge in [0.25, 0.3) is 0 Å². The fourth-order valence-corrected chi connectivity index (χ4v) is 0.733. The highest BCUT2D eigenvalue weighted by Gasteiger charge is 2.07. The van der Waals surface area contributed by atoms with Gasteiger partial charge in [0.2, 0.25) is 0 Å². The first kappa shape index (κ1) is 7.97. The molecule has 0 atom stereocenters. The summed E-state index contributed by atoms with van der Waals surface area (Å²) in [6, 6.07) is 4.42. The smallest absolute Gasteiger partial charge is 0.294 e. The molecule has 0 amide bonds. The summed E-state index contributed by atoms with van der Waals surface area (Å²) in [5.41, 5.74) is -0.0278. The molecular weight excluding hydrogens is 170 g/mol. The van der Waals surface area contributed by atoms with Gasteiger partial charge in [0.15, 0.2) is 5.69 Å². The Morgan fingerprint density at radius 3 is 2.91 bits per heavy atom. The van der Waals surface area contributed by atoms with Crippen LogP contribution in [0, 0.1) is 0 Å². The van der Waals surface area contributed by atoms with Crippen molar-refractivity contribution in [3.05, 3.63) is 29.0 Å². The molecule has 0 saturated carbocycles. The van der Waals surface area contributed by atoms with Crippen molar-refractivity contribution in [1.82, 2.24) is 4.98 Å². The number of aromatic nitrogens is 1. The van der Waals surface area contributed by atoms with Crippen LogP contribution in [0.5, 0.6) is 0 Å². The van der Waals surface area contributed by atoms with E-state index in [2.05, 4.69) is 9.87 Å². The van der Waals surface area contributed by atoms with Gasteiger partial charge < -0.3 is 0 Å². The highest BCUT2D eigenvalue weighted by atomic mass is 35.5. The minimum Gasteiger partial charge on any atom is -0.294 e. The summed E-state index contributed by atoms with van der Waals surface area (Å²) >= 11 is 5.45. The second kappa shape index (κ2) is 3.32. The van der Waals surface area contributed by atoms with Crippen LogP contribution in [0.3, 0.4) is 0 Å². The molecule has 0 unspecified atom stereocenters. The van der Waals surface area contributed by atoms with Crippen molar-refractivity contribution in [2.45, 2.75) is 0 Å². The Bertz CT molecular complexity index is 276. The third-order valence-electron chi connectivity index (χ3n) is 1.01. The van der Waals surface area contributed by atoms with Crippen molar-refractivity contribution in [1.29, 1.82) is 0 Å². The fourth-order valence-electron chi connectivity index (χ4n) is 0.569. The van der Waals surface area contributed by atoms with Crippen molar-refractivity contribution in [2.75, 3.05) is 0 Å². The lowest BCUT2D eigenvalue weighted by molar-refractivity contribution is -0.183. The monoisotopic (exact) mass is 173 g/mol. The normalized spacial score (nSPS) is 9.27. The standard InChI is InChI=1S/C6H4ClNO3/c7-5-3-1-2-4(8-5)6(9)11-10/h1-3,10H. The van der Waals surface area contributed by atoms with E-state index in [1.807, 2.05) is 0 Å². The Hall–Kier alpha value is -1.13. The van der Waals surface area contributed by atoms with Crippen LogP contribution in [0.15, 0.2) is 18.2 Å². The first-order chi connectivity index (χ1) is 5.24. The molecule has 11 heavy (non-hydrogen) atoms. The average molecular weight is 174 g/mol. The van der Waals surface area contributed by atoms with Crippen molar-refractivity contribution in [2.24, 2.45) is 0 Å². The molecule has 0 spiro atoms. The second-order valence-electron chi connectivity index (χ2n) is 1.72. The summed E-state index contributed by atoms with van der Waals surface area (Å²) in [5, 5.41) is 8.12. The van der Waals surface area contributed by atoms with Crippen LogP contribution in [0.25, 0.3) is 0 Å². The fraction of sp³-hybridized carbons (Fsp3) is 0. The number of carbonyl (C=O) groups is 1. The SMILES string of the molecule is O=C(OO)c1cccc(Cl)n1. The Balaban J connectivity index is 2.96. The largest absolute Gasteiger partial charge is 0.391 e. The zero-order valence-corrected chi connectivity index (χ0v) is 6.08. The van der Waals surface area contributed by atoms with E-state index in [9.17, 15) is 4.79 Å². The molecule has 5 heteroatoms. The quantitative estimate of drug-likeness (QED) is 0.396. The third kappa shape index (κ3) is 1.89. The van der Waals surface area contributed by atoms with Gasteiger partial charge in [-0.05, 0) is 12.1 Å². The molecule has 0 aliphatic carbocycles. The van der Waals surface area contributed by atoms with Crippen LogP contribution >= 0.6 is 11.6 Å². The highest BCUT2D eigenvalue weighted by Crippen LogP contribution is 2.05. The second-order valence-corrected chi connectivity index (χ2v) is 2.11. The van der Waals surface area contributed by atoms with E-state index >= 15 is 0 Å². The molecule has 0 aliphatic heterocycles. The molecule has 1 aromatic heterocycles. The molecule has 0 saturated heterocycles. The topological polar surface area (TPSA) is 59.4 Å². The van der Waals surface area contributed by atoms with Crippen molar-refractivity contribution >= 4 is 17.6 Å². The number of pyridine rings is 1. The Kier molecular flexibility index (Phi) is 2.40. The lowest BCUT2D eigenvalue weighted by Gasteiger charge is -1.94. The Morgan fingerprint density at radius 1 is 1.64 bits per heavy atom. The van der Waals surface area contributed by atoms with Gasteiger partial charge in [-0.3, -0.25) is 4.89 Å². The summed E-state index contributed by atoms with van der Waals surface area (Å²) in [6.45, 7) is 0. The molecular formula is C6H4ClNO3. The predicted octanol–water partition coefficient (Wildman–Crippen LogP) is 1.36. The average Bonchev–Trinajstić information content (AvgIpc) is 2.03. The molecule has 0 radical (unpaired) electrons. The maximum atomic E-state index is 10.6. The van der Waals surface area contributed by atoms with Gasteiger partial charge in [-0.1, -0.05) is 17.7 Å². The van der Waals surface area contributed by atoms with Crippen LogP contribution in [0.2, 0.25) is 5.15 Å². The van der Waals surface area contributed by atoms with E-state index < -0.39 is 5.97 Å². The van der Waals surface area contributed by atoms with E-state index in [0.29, 0.717) is 0 Å². The van der Waals surface area contributed by atoms with Crippen LogP contribution in [0.1, 0.15) is 10.5 Å². The van der Waals surface area contributed by atoms with Crippen LogP contribution in [-0.4, -0.2) is 16.2 Å². The number of carbonyl (C=O) groups excluding carboxylic acids is 1. The van der Waals surface area contributed by atoms with Gasteiger partial charge in [-0.15, -0.1) is 0 Å². The summed E-state index contributed by atoms with van der Waals surface area (Å²) in [7, 11) is 0. The molecule has 1 N–H and O–H groups in total. The van der Waals surface area contributed by atoms with Gasteiger partial charge in [0.05, 0.1) is 0 Å². The highest BCUT2D eigenvalue weighted by molar-refractivity contribution is 6.29. The molecule has 1 heterocycles. The van der Waals surface area contributed by atoms with Gasteiger partial charge in [0, 0.05) is 0 Å². The first-order valence-electron chi connectivity index (χ1n) is 2.72. The molecule has 0 bridgehead atoms. The number of rotatable bonds is 1. The van der Waals surface area contributed by atoms with E-state index in [1.54, 1.807) is 0 Å². The molecule has 1 rings (SSSR count). The molecule has 0 aromatic carbocycles. The minimum atomic E-state index is -0.924. The number of nitrogens with zero attached hydrogens (tertiary/aromatic N) is 1. The molecule has 1 aromatic rings. The molecule has 4 nitrogen and oxygen atoms in total. The van der Waals surface area contributed by atoms with Crippen molar-refractivity contribution in [3.63, 3.8) is 0 Å². The first-order valence-corrected chi connectivity index (χ1v) is 3.10. The summed E-state index contributed by atoms with van der Waals surface area (Å²) in [4.78, 5) is 17.6. The third-order valence-corrected chi connectivity index (χ3v) is 1.22. The number of halogens is 1. The Labute approximate surface area is 67.3 Å². The Morgan fingerprint density at radius 2 is 2.36 bits per heavy atom. The van der Waals surface area contributed by atoms with Crippen molar-refractivity contribution in [3.8, 4) is 0 Å². The zero-order valence-electron chi connectivity index (χ0n) is 5.32. The zero-order chi connectivity index (χ0) is 8.27. The molecule has 58 valence electrons. The number of hydrogen-bond donors (Lipinski definition) is 1. The maximum absolute atomic E-state index is 10.6. The van der Waals surface area contributed by atoms with Gasteiger partial charge in [0.1, 0.15) is 5.15 Å². The van der Waals surface area contributed by atoms with Crippen molar-refractivity contribution < 1.29 is 14.9 Å². The van der Waals surface area contributed by atoms with E-state index in [4.69, 9.17) is 16.9 Å². The van der Waals surface area contributed by atoms with Crippen LogP contribution < -0.4 is 0 Å². The summed E-state index contributed by atoms with van der Waals surface area (Å²) in [6.07, 6.45) is 0. The van der Waals surface area contributed by atoms with Gasteiger partial charge in [-0.2, -0.15) is 5.26 Å². The maximum Gasteiger partial charge on any atom is 0.391 e. The summed E-state index contributed by atoms with van der Waals surface area (Å²) < 4.78 is 0. The van der Waals surface area contributed by atoms with Crippen LogP contribution in [-0.2, 0) is 4.89 Å². The molecule has 0 aliphatic rings. The number of hydrogen-bond acceptors (Lipinski definition) is 4. The van der Waals surface area contributed by atoms with Crippen LogP contribution in [0.4, 0.5) is 0 Å². The minimum absolute atomic E-state index is 0.0278. The summed E-state index contributed by atoms with van der Waals surface area (Å²) in [5.74, 6) is -0.924. The molecule has 0 fully saturated rings. The van der Waals surface area contributed by atoms with E-state index in [-0.39, 0.29) is 10.8 Å². The lowest BCUT2D eigenvalue weighted by atomic mass is 10.4. The van der Waals surface area contributed by atoms with E-state index in [0.717, 1.165) is 0 Å². The van der Waals surface area contributed by atoms with E-state index in [1.165, 1.54) is 18.2 Å².